The Hall–Kier alpha value is -2.02. The third kappa shape index (κ3) is 6.78. The number of rotatable bonds is 10. The Kier molecular flexibility index (Phi) is 7.78. The molecule has 0 aliphatic rings. The molecular weight excluding hydrogens is 304 g/mol. The maximum absolute atomic E-state index is 5.97. The predicted octanol–water partition coefficient (Wildman–Crippen LogP) is 7.07. The van der Waals surface area contributed by atoms with E-state index < -0.39 is 0 Å². The maximum Gasteiger partial charge on any atom is 0.120 e. The summed E-state index contributed by atoms with van der Waals surface area (Å²) in [6.45, 7) is 7.40. The van der Waals surface area contributed by atoms with E-state index in [0.717, 1.165) is 5.75 Å². The normalized spacial score (nSPS) is 11.8. The van der Waals surface area contributed by atoms with Gasteiger partial charge < -0.3 is 4.74 Å². The van der Waals surface area contributed by atoms with Crippen LogP contribution in [0.4, 0.5) is 0 Å². The van der Waals surface area contributed by atoms with Crippen LogP contribution >= 0.6 is 0 Å². The van der Waals surface area contributed by atoms with Crippen LogP contribution in [0.5, 0.6) is 5.75 Å². The van der Waals surface area contributed by atoms with E-state index in [9.17, 15) is 0 Å². The Morgan fingerprint density at radius 1 is 0.920 bits per heavy atom. The Bertz CT molecular complexity index is 640. The summed E-state index contributed by atoms with van der Waals surface area (Å²) in [5.41, 5.74) is 2.51. The van der Waals surface area contributed by atoms with Gasteiger partial charge in [-0.1, -0.05) is 94.7 Å². The van der Waals surface area contributed by atoms with Crippen molar-refractivity contribution >= 4 is 0 Å². The van der Waals surface area contributed by atoms with Crippen molar-refractivity contribution in [1.29, 1.82) is 0 Å². The summed E-state index contributed by atoms with van der Waals surface area (Å²) in [7, 11) is 0. The minimum Gasteiger partial charge on any atom is -0.489 e. The van der Waals surface area contributed by atoms with Crippen LogP contribution in [-0.2, 0) is 12.0 Å². The molecule has 0 bridgehead atoms. The molecule has 134 valence electrons. The first-order chi connectivity index (χ1) is 12.1. The van der Waals surface area contributed by atoms with E-state index in [-0.39, 0.29) is 5.41 Å². The van der Waals surface area contributed by atoms with Crippen molar-refractivity contribution in [1.82, 2.24) is 0 Å². The van der Waals surface area contributed by atoms with Crippen molar-refractivity contribution < 1.29 is 4.74 Å². The first-order valence-corrected chi connectivity index (χ1v) is 9.57. The second-order valence-electron chi connectivity index (χ2n) is 7.28. The highest BCUT2D eigenvalue weighted by Gasteiger charge is 2.17. The molecule has 0 saturated carbocycles. The smallest absolute Gasteiger partial charge is 0.120 e. The third-order valence-electron chi connectivity index (χ3n) is 4.59. The zero-order valence-electron chi connectivity index (χ0n) is 16.0. The Labute approximate surface area is 153 Å². The molecule has 2 aromatic carbocycles. The summed E-state index contributed by atoms with van der Waals surface area (Å²) in [6, 6.07) is 18.8. The van der Waals surface area contributed by atoms with Crippen molar-refractivity contribution in [3.05, 3.63) is 77.9 Å². The maximum atomic E-state index is 5.97. The number of ether oxygens (including phenoxy) is 1. The van der Waals surface area contributed by atoms with Crippen LogP contribution in [-0.4, -0.2) is 0 Å². The molecule has 1 nitrogen and oxygen atoms in total. The van der Waals surface area contributed by atoms with E-state index in [1.54, 1.807) is 0 Å². The molecule has 0 spiro atoms. The van der Waals surface area contributed by atoms with Crippen molar-refractivity contribution in [2.75, 3.05) is 0 Å². The minimum absolute atomic E-state index is 0.0247. The molecule has 25 heavy (non-hydrogen) atoms. The van der Waals surface area contributed by atoms with E-state index in [2.05, 4.69) is 63.3 Å². The van der Waals surface area contributed by atoms with Crippen LogP contribution in [0.2, 0.25) is 0 Å². The summed E-state index contributed by atoms with van der Waals surface area (Å²) in [6.07, 6.45) is 11.1. The molecule has 0 atom stereocenters. The fourth-order valence-corrected chi connectivity index (χ4v) is 2.89. The zero-order chi connectivity index (χ0) is 18.0. The monoisotopic (exact) mass is 336 g/mol. The van der Waals surface area contributed by atoms with Crippen LogP contribution in [0.1, 0.15) is 64.0 Å². The Balaban J connectivity index is 1.92. The Morgan fingerprint density at radius 2 is 1.72 bits per heavy atom. The molecule has 0 unspecified atom stereocenters. The van der Waals surface area contributed by atoms with E-state index >= 15 is 0 Å². The molecule has 0 heterocycles. The van der Waals surface area contributed by atoms with Crippen LogP contribution in [0.15, 0.2) is 66.7 Å². The topological polar surface area (TPSA) is 9.23 Å². The van der Waals surface area contributed by atoms with E-state index in [0.29, 0.717) is 6.61 Å². The van der Waals surface area contributed by atoms with Crippen molar-refractivity contribution in [2.45, 2.75) is 64.9 Å². The second kappa shape index (κ2) is 10.1. The quantitative estimate of drug-likeness (QED) is 0.333. The fraction of sp³-hybridized carbons (Fsp3) is 0.417. The van der Waals surface area contributed by atoms with Gasteiger partial charge in [0.05, 0.1) is 0 Å². The highest BCUT2D eigenvalue weighted by Crippen LogP contribution is 2.28. The van der Waals surface area contributed by atoms with Crippen LogP contribution < -0.4 is 4.74 Å². The van der Waals surface area contributed by atoms with E-state index in [1.807, 2.05) is 24.3 Å². The minimum atomic E-state index is 0.0247. The lowest BCUT2D eigenvalue weighted by Crippen LogP contribution is -2.13. The van der Waals surface area contributed by atoms with Gasteiger partial charge in [0, 0.05) is 5.41 Å². The summed E-state index contributed by atoms with van der Waals surface area (Å²) in [5, 5.41) is 0. The number of allylic oxidation sites excluding steroid dienone is 2. The van der Waals surface area contributed by atoms with Gasteiger partial charge in [-0.2, -0.15) is 0 Å². The van der Waals surface area contributed by atoms with E-state index in [4.69, 9.17) is 4.74 Å². The molecule has 2 aromatic rings. The molecule has 0 N–H and O–H groups in total. The summed E-state index contributed by atoms with van der Waals surface area (Å²) < 4.78 is 5.97. The zero-order valence-corrected chi connectivity index (χ0v) is 16.0. The van der Waals surface area contributed by atoms with Crippen LogP contribution in [0, 0.1) is 0 Å². The van der Waals surface area contributed by atoms with Crippen molar-refractivity contribution in [3.63, 3.8) is 0 Å². The van der Waals surface area contributed by atoms with Gasteiger partial charge in [-0.25, -0.2) is 0 Å². The highest BCUT2D eigenvalue weighted by molar-refractivity contribution is 5.36. The number of hydrogen-bond acceptors (Lipinski definition) is 1. The molecule has 0 radical (unpaired) electrons. The summed E-state index contributed by atoms with van der Waals surface area (Å²) in [5.74, 6) is 0.936. The number of unbranched alkanes of at least 4 members (excludes halogenated alkanes) is 4. The van der Waals surface area contributed by atoms with Gasteiger partial charge in [-0.15, -0.1) is 0 Å². The Morgan fingerprint density at radius 3 is 2.48 bits per heavy atom. The second-order valence-corrected chi connectivity index (χ2v) is 7.28. The standard InChI is InChI=1S/C24H32O/c1-4-5-6-7-8-12-18-24(2,3)22-16-13-17-23(19-22)25-20-21-14-10-9-11-15-21/h9-19H,4-8,20H2,1-3H3. The van der Waals surface area contributed by atoms with Gasteiger partial charge in [0.15, 0.2) is 0 Å². The lowest BCUT2D eigenvalue weighted by molar-refractivity contribution is 0.305. The van der Waals surface area contributed by atoms with Crippen molar-refractivity contribution in [2.24, 2.45) is 0 Å². The average molecular weight is 337 g/mol. The van der Waals surface area contributed by atoms with Gasteiger partial charge >= 0.3 is 0 Å². The molecule has 0 aliphatic heterocycles. The van der Waals surface area contributed by atoms with Gasteiger partial charge in [-0.05, 0) is 36.1 Å². The number of hydrogen-bond donors (Lipinski definition) is 0. The fourth-order valence-electron chi connectivity index (χ4n) is 2.89. The first kappa shape index (κ1) is 19.3. The van der Waals surface area contributed by atoms with E-state index in [1.165, 1.54) is 43.2 Å². The first-order valence-electron chi connectivity index (χ1n) is 9.57. The van der Waals surface area contributed by atoms with Crippen LogP contribution in [0.25, 0.3) is 0 Å². The lowest BCUT2D eigenvalue weighted by Gasteiger charge is -2.22. The number of benzene rings is 2. The summed E-state index contributed by atoms with van der Waals surface area (Å²) >= 11 is 0. The molecule has 0 aliphatic carbocycles. The molecule has 0 saturated heterocycles. The lowest BCUT2D eigenvalue weighted by atomic mass is 9.84. The van der Waals surface area contributed by atoms with Gasteiger partial charge in [0.25, 0.3) is 0 Å². The third-order valence-corrected chi connectivity index (χ3v) is 4.59. The SMILES string of the molecule is CCCCCCC=CC(C)(C)c1cccc(OCc2ccccc2)c1. The molecular formula is C24H32O. The molecule has 1 heteroatoms. The van der Waals surface area contributed by atoms with Crippen molar-refractivity contribution in [3.8, 4) is 5.75 Å². The molecule has 0 fully saturated rings. The largest absolute Gasteiger partial charge is 0.489 e. The van der Waals surface area contributed by atoms with Crippen LogP contribution in [0.3, 0.4) is 0 Å². The predicted molar refractivity (Wildman–Crippen MR) is 108 cm³/mol. The van der Waals surface area contributed by atoms with Gasteiger partial charge in [-0.3, -0.25) is 0 Å². The summed E-state index contributed by atoms with van der Waals surface area (Å²) in [4.78, 5) is 0. The highest BCUT2D eigenvalue weighted by atomic mass is 16.5. The molecule has 2 rings (SSSR count). The van der Waals surface area contributed by atoms with Gasteiger partial charge in [0.1, 0.15) is 12.4 Å². The average Bonchev–Trinajstić information content (AvgIpc) is 2.64. The molecule has 0 aromatic heterocycles. The molecule has 0 amide bonds. The van der Waals surface area contributed by atoms with Gasteiger partial charge in [0.2, 0.25) is 0 Å².